The summed E-state index contributed by atoms with van der Waals surface area (Å²) < 4.78 is 22.6. The van der Waals surface area contributed by atoms with E-state index in [0.717, 1.165) is 19.6 Å². The van der Waals surface area contributed by atoms with Crippen molar-refractivity contribution in [3.8, 4) is 0 Å². The van der Waals surface area contributed by atoms with Crippen LogP contribution in [0.25, 0.3) is 0 Å². The fraction of sp³-hybridized carbons (Fsp3) is 1.00. The van der Waals surface area contributed by atoms with Gasteiger partial charge in [0.25, 0.3) is 0 Å². The third-order valence-electron chi connectivity index (χ3n) is 4.15. The lowest BCUT2D eigenvalue weighted by molar-refractivity contribution is 0.0900. The van der Waals surface area contributed by atoms with Crippen LogP contribution < -0.4 is 5.32 Å². The molecule has 2 atom stereocenters. The van der Waals surface area contributed by atoms with Gasteiger partial charge in [-0.15, -0.1) is 0 Å². The Balaban J connectivity index is 2.01. The molecular weight excluding hydrogens is 236 g/mol. The van der Waals surface area contributed by atoms with E-state index in [0.29, 0.717) is 18.2 Å². The molecule has 2 aliphatic heterocycles. The molecule has 0 saturated carbocycles. The summed E-state index contributed by atoms with van der Waals surface area (Å²) in [4.78, 5) is 2.41. The fourth-order valence-corrected chi connectivity index (χ4v) is 3.95. The zero-order valence-electron chi connectivity index (χ0n) is 10.9. The van der Waals surface area contributed by atoms with Crippen LogP contribution in [0.15, 0.2) is 0 Å². The third kappa shape index (κ3) is 3.20. The zero-order chi connectivity index (χ0) is 12.5. The van der Waals surface area contributed by atoms with Crippen molar-refractivity contribution in [1.82, 2.24) is 10.2 Å². The Morgan fingerprint density at radius 3 is 2.88 bits per heavy atom. The van der Waals surface area contributed by atoms with Crippen molar-refractivity contribution >= 4 is 9.84 Å². The molecular formula is C12H24N2O2S. The molecule has 2 unspecified atom stereocenters. The number of likely N-dealkylation sites (tertiary alicyclic amines) is 1. The molecule has 4 nitrogen and oxygen atoms in total. The standard InChI is InChI=1S/C12H24N2O2S/c1-11-8-12(10-13-9-11)4-3-5-14(12)6-7-17(2,15)16/h11,13H,3-10H2,1-2H3. The molecule has 2 saturated heterocycles. The lowest BCUT2D eigenvalue weighted by Gasteiger charge is -2.44. The topological polar surface area (TPSA) is 49.4 Å². The summed E-state index contributed by atoms with van der Waals surface area (Å²) >= 11 is 0. The van der Waals surface area contributed by atoms with Crippen LogP contribution >= 0.6 is 0 Å². The summed E-state index contributed by atoms with van der Waals surface area (Å²) in [5.74, 6) is 0.992. The van der Waals surface area contributed by atoms with Crippen LogP contribution in [0, 0.1) is 5.92 Å². The summed E-state index contributed by atoms with van der Waals surface area (Å²) in [5, 5.41) is 3.50. The number of hydrogen-bond acceptors (Lipinski definition) is 4. The first kappa shape index (κ1) is 13.3. The Morgan fingerprint density at radius 2 is 2.24 bits per heavy atom. The minimum Gasteiger partial charge on any atom is -0.315 e. The molecule has 0 aromatic heterocycles. The van der Waals surface area contributed by atoms with Gasteiger partial charge >= 0.3 is 0 Å². The van der Waals surface area contributed by atoms with Gasteiger partial charge < -0.3 is 5.32 Å². The minimum absolute atomic E-state index is 0.238. The summed E-state index contributed by atoms with van der Waals surface area (Å²) in [6, 6.07) is 0. The monoisotopic (exact) mass is 260 g/mol. The van der Waals surface area contributed by atoms with Crippen LogP contribution in [-0.2, 0) is 9.84 Å². The molecule has 2 fully saturated rings. The van der Waals surface area contributed by atoms with Gasteiger partial charge in [0.05, 0.1) is 5.75 Å². The highest BCUT2D eigenvalue weighted by atomic mass is 32.2. The smallest absolute Gasteiger partial charge is 0.148 e. The lowest BCUT2D eigenvalue weighted by atomic mass is 9.82. The highest BCUT2D eigenvalue weighted by Gasteiger charge is 2.43. The van der Waals surface area contributed by atoms with Crippen molar-refractivity contribution in [2.24, 2.45) is 5.92 Å². The van der Waals surface area contributed by atoms with E-state index in [1.165, 1.54) is 25.5 Å². The van der Waals surface area contributed by atoms with Crippen LogP contribution in [0.5, 0.6) is 0 Å². The predicted octanol–water partition coefficient (Wildman–Crippen LogP) is 0.495. The van der Waals surface area contributed by atoms with Gasteiger partial charge in [-0.25, -0.2) is 8.42 Å². The second-order valence-electron chi connectivity index (χ2n) is 5.89. The van der Waals surface area contributed by atoms with E-state index in [1.54, 1.807) is 0 Å². The lowest BCUT2D eigenvalue weighted by Crippen LogP contribution is -2.57. The van der Waals surface area contributed by atoms with Gasteiger partial charge in [-0.2, -0.15) is 0 Å². The van der Waals surface area contributed by atoms with E-state index in [1.807, 2.05) is 0 Å². The second-order valence-corrected chi connectivity index (χ2v) is 8.14. The average Bonchev–Trinajstić information content (AvgIpc) is 2.56. The molecule has 1 N–H and O–H groups in total. The van der Waals surface area contributed by atoms with Gasteiger partial charge in [0.1, 0.15) is 9.84 Å². The van der Waals surface area contributed by atoms with Crippen LogP contribution in [0.2, 0.25) is 0 Å². The molecule has 2 heterocycles. The van der Waals surface area contributed by atoms with E-state index in [9.17, 15) is 8.42 Å². The highest BCUT2D eigenvalue weighted by Crippen LogP contribution is 2.36. The maximum Gasteiger partial charge on any atom is 0.148 e. The summed E-state index contributed by atoms with van der Waals surface area (Å²) in [7, 11) is -2.84. The molecule has 5 heteroatoms. The Kier molecular flexibility index (Phi) is 3.80. The van der Waals surface area contributed by atoms with Gasteiger partial charge in [0.15, 0.2) is 0 Å². The van der Waals surface area contributed by atoms with Gasteiger partial charge in [-0.3, -0.25) is 4.90 Å². The average molecular weight is 260 g/mol. The molecule has 100 valence electrons. The summed E-state index contributed by atoms with van der Waals surface area (Å²) in [6.45, 7) is 6.17. The number of nitrogens with zero attached hydrogens (tertiary/aromatic N) is 1. The van der Waals surface area contributed by atoms with Crippen LogP contribution in [0.1, 0.15) is 26.2 Å². The molecule has 2 rings (SSSR count). The van der Waals surface area contributed by atoms with Crippen molar-refractivity contribution in [2.75, 3.05) is 38.2 Å². The number of sulfone groups is 1. The first-order valence-corrected chi connectivity index (χ1v) is 8.61. The number of nitrogens with one attached hydrogen (secondary N) is 1. The quantitative estimate of drug-likeness (QED) is 0.802. The highest BCUT2D eigenvalue weighted by molar-refractivity contribution is 7.90. The van der Waals surface area contributed by atoms with Crippen molar-refractivity contribution < 1.29 is 8.42 Å². The Morgan fingerprint density at radius 1 is 1.47 bits per heavy atom. The van der Waals surface area contributed by atoms with Gasteiger partial charge in [-0.05, 0) is 38.3 Å². The van der Waals surface area contributed by atoms with E-state index in [2.05, 4.69) is 17.1 Å². The molecule has 0 bridgehead atoms. The SMILES string of the molecule is CC1CNCC2(CCCN2CCS(C)(=O)=O)C1. The molecule has 0 aliphatic carbocycles. The van der Waals surface area contributed by atoms with E-state index >= 15 is 0 Å². The Hall–Kier alpha value is -0.130. The number of hydrogen-bond donors (Lipinski definition) is 1. The number of piperidine rings is 1. The van der Waals surface area contributed by atoms with E-state index in [-0.39, 0.29) is 5.54 Å². The second kappa shape index (κ2) is 4.86. The third-order valence-corrected chi connectivity index (χ3v) is 5.07. The maximum atomic E-state index is 11.3. The Bertz CT molecular complexity index is 369. The van der Waals surface area contributed by atoms with Gasteiger partial charge in [0, 0.05) is 24.9 Å². The van der Waals surface area contributed by atoms with Crippen molar-refractivity contribution in [1.29, 1.82) is 0 Å². The molecule has 0 radical (unpaired) electrons. The van der Waals surface area contributed by atoms with Crippen molar-refractivity contribution in [2.45, 2.75) is 31.7 Å². The van der Waals surface area contributed by atoms with E-state index < -0.39 is 9.84 Å². The van der Waals surface area contributed by atoms with Gasteiger partial charge in [-0.1, -0.05) is 6.92 Å². The number of rotatable bonds is 3. The van der Waals surface area contributed by atoms with Crippen LogP contribution in [0.3, 0.4) is 0 Å². The zero-order valence-corrected chi connectivity index (χ0v) is 11.7. The first-order chi connectivity index (χ1) is 7.91. The fourth-order valence-electron chi connectivity index (χ4n) is 3.39. The predicted molar refractivity (Wildman–Crippen MR) is 69.9 cm³/mol. The molecule has 17 heavy (non-hydrogen) atoms. The maximum absolute atomic E-state index is 11.3. The normalized spacial score (nSPS) is 35.5. The van der Waals surface area contributed by atoms with Crippen molar-refractivity contribution in [3.63, 3.8) is 0 Å². The minimum atomic E-state index is -2.84. The molecule has 0 aromatic rings. The Labute approximate surface area is 105 Å². The van der Waals surface area contributed by atoms with E-state index in [4.69, 9.17) is 0 Å². The van der Waals surface area contributed by atoms with Crippen molar-refractivity contribution in [3.05, 3.63) is 0 Å². The molecule has 1 spiro atoms. The largest absolute Gasteiger partial charge is 0.315 e. The van der Waals surface area contributed by atoms with Crippen LogP contribution in [0.4, 0.5) is 0 Å². The van der Waals surface area contributed by atoms with Crippen LogP contribution in [-0.4, -0.2) is 57.0 Å². The molecule has 0 aromatic carbocycles. The molecule has 2 aliphatic rings. The molecule has 0 amide bonds. The summed E-state index contributed by atoms with van der Waals surface area (Å²) in [5.41, 5.74) is 0.238. The summed E-state index contributed by atoms with van der Waals surface area (Å²) in [6.07, 6.45) is 4.97. The van der Waals surface area contributed by atoms with Gasteiger partial charge in [0.2, 0.25) is 0 Å². The first-order valence-electron chi connectivity index (χ1n) is 6.55.